The average molecular weight is 390 g/mol. The summed E-state index contributed by atoms with van der Waals surface area (Å²) in [5.41, 5.74) is 2.70. The lowest BCUT2D eigenvalue weighted by molar-refractivity contribution is 0.0724. The summed E-state index contributed by atoms with van der Waals surface area (Å²) in [6, 6.07) is 10.6. The van der Waals surface area contributed by atoms with Crippen molar-refractivity contribution in [3.63, 3.8) is 0 Å². The van der Waals surface area contributed by atoms with E-state index in [1.54, 1.807) is 55.7 Å². The van der Waals surface area contributed by atoms with Crippen molar-refractivity contribution in [1.29, 1.82) is 0 Å². The molecule has 148 valence electrons. The highest BCUT2D eigenvalue weighted by Gasteiger charge is 2.23. The third-order valence-corrected chi connectivity index (χ3v) is 5.05. The molecule has 0 atom stereocenters. The molecule has 3 heterocycles. The summed E-state index contributed by atoms with van der Waals surface area (Å²) < 4.78 is 5.26. The van der Waals surface area contributed by atoms with Crippen molar-refractivity contribution in [3.8, 4) is 11.3 Å². The van der Waals surface area contributed by atoms with Gasteiger partial charge in [-0.15, -0.1) is 0 Å². The number of amides is 2. The number of hydrogen-bond donors (Lipinski definition) is 1. The number of carbonyl (C=O) groups is 2. The van der Waals surface area contributed by atoms with Crippen molar-refractivity contribution >= 4 is 17.5 Å². The SMILES string of the molecule is Cc1onc(-c2ccncc2)c1C(=O)Nc1cccc(C(=O)N2CCCCC2)c1. The minimum absolute atomic E-state index is 0.000526. The van der Waals surface area contributed by atoms with Crippen molar-refractivity contribution < 1.29 is 14.1 Å². The lowest BCUT2D eigenvalue weighted by atomic mass is 10.1. The first kappa shape index (κ1) is 18.9. The predicted molar refractivity (Wildman–Crippen MR) is 109 cm³/mol. The van der Waals surface area contributed by atoms with Crippen LogP contribution in [-0.4, -0.2) is 39.9 Å². The maximum absolute atomic E-state index is 13.0. The number of pyridine rings is 1. The van der Waals surface area contributed by atoms with Crippen LogP contribution in [0.5, 0.6) is 0 Å². The Balaban J connectivity index is 1.55. The van der Waals surface area contributed by atoms with Crippen molar-refractivity contribution in [2.75, 3.05) is 18.4 Å². The Kier molecular flexibility index (Phi) is 5.37. The van der Waals surface area contributed by atoms with Gasteiger partial charge in [-0.05, 0) is 56.5 Å². The molecule has 7 heteroatoms. The van der Waals surface area contributed by atoms with Gasteiger partial charge in [-0.2, -0.15) is 0 Å². The molecule has 3 aromatic rings. The van der Waals surface area contributed by atoms with Crippen LogP contribution in [0, 0.1) is 6.92 Å². The van der Waals surface area contributed by atoms with E-state index >= 15 is 0 Å². The fraction of sp³-hybridized carbons (Fsp3) is 0.273. The molecular formula is C22H22N4O3. The number of aryl methyl sites for hydroxylation is 1. The van der Waals surface area contributed by atoms with Crippen LogP contribution >= 0.6 is 0 Å². The van der Waals surface area contributed by atoms with Crippen LogP contribution in [0.25, 0.3) is 11.3 Å². The molecule has 0 bridgehead atoms. The second-order valence-corrected chi connectivity index (χ2v) is 7.09. The van der Waals surface area contributed by atoms with E-state index in [4.69, 9.17) is 4.52 Å². The Morgan fingerprint density at radius 1 is 1.07 bits per heavy atom. The molecule has 7 nitrogen and oxygen atoms in total. The normalized spacial score (nSPS) is 13.9. The molecule has 1 aliphatic heterocycles. The van der Waals surface area contributed by atoms with Gasteiger partial charge in [0.15, 0.2) is 0 Å². The summed E-state index contributed by atoms with van der Waals surface area (Å²) in [4.78, 5) is 31.6. The van der Waals surface area contributed by atoms with E-state index in [2.05, 4.69) is 15.5 Å². The van der Waals surface area contributed by atoms with Crippen LogP contribution in [0.15, 0.2) is 53.3 Å². The molecule has 2 aromatic heterocycles. The molecule has 0 aliphatic carbocycles. The number of hydrogen-bond acceptors (Lipinski definition) is 5. The molecule has 1 N–H and O–H groups in total. The topological polar surface area (TPSA) is 88.3 Å². The molecule has 0 spiro atoms. The molecular weight excluding hydrogens is 368 g/mol. The second-order valence-electron chi connectivity index (χ2n) is 7.09. The van der Waals surface area contributed by atoms with E-state index in [9.17, 15) is 9.59 Å². The van der Waals surface area contributed by atoms with Crippen LogP contribution < -0.4 is 5.32 Å². The zero-order chi connectivity index (χ0) is 20.2. The molecule has 1 aliphatic rings. The molecule has 0 saturated carbocycles. The number of rotatable bonds is 4. The minimum Gasteiger partial charge on any atom is -0.360 e. The summed E-state index contributed by atoms with van der Waals surface area (Å²) >= 11 is 0. The highest BCUT2D eigenvalue weighted by molar-refractivity contribution is 6.09. The molecule has 1 saturated heterocycles. The Bertz CT molecular complexity index is 1020. The van der Waals surface area contributed by atoms with Gasteiger partial charge in [0, 0.05) is 42.3 Å². The van der Waals surface area contributed by atoms with E-state index in [1.165, 1.54) is 0 Å². The van der Waals surface area contributed by atoms with E-state index in [1.807, 2.05) is 4.90 Å². The fourth-order valence-electron chi connectivity index (χ4n) is 3.55. The number of likely N-dealkylation sites (tertiary alicyclic amines) is 1. The first-order valence-electron chi connectivity index (χ1n) is 9.71. The number of piperidine rings is 1. The largest absolute Gasteiger partial charge is 0.360 e. The van der Waals surface area contributed by atoms with Gasteiger partial charge in [-0.25, -0.2) is 0 Å². The smallest absolute Gasteiger partial charge is 0.261 e. The fourth-order valence-corrected chi connectivity index (χ4v) is 3.55. The second kappa shape index (κ2) is 8.26. The zero-order valence-electron chi connectivity index (χ0n) is 16.2. The molecule has 4 rings (SSSR count). The Hall–Kier alpha value is -3.48. The first-order valence-corrected chi connectivity index (χ1v) is 9.71. The quantitative estimate of drug-likeness (QED) is 0.729. The van der Waals surface area contributed by atoms with Crippen molar-refractivity contribution in [1.82, 2.24) is 15.0 Å². The first-order chi connectivity index (χ1) is 14.1. The van der Waals surface area contributed by atoms with Crippen LogP contribution in [0.2, 0.25) is 0 Å². The van der Waals surface area contributed by atoms with Gasteiger partial charge in [0.05, 0.1) is 0 Å². The highest BCUT2D eigenvalue weighted by atomic mass is 16.5. The zero-order valence-corrected chi connectivity index (χ0v) is 16.2. The van der Waals surface area contributed by atoms with E-state index in [-0.39, 0.29) is 11.8 Å². The maximum Gasteiger partial charge on any atom is 0.261 e. The lowest BCUT2D eigenvalue weighted by Gasteiger charge is -2.26. The summed E-state index contributed by atoms with van der Waals surface area (Å²) in [7, 11) is 0. The van der Waals surface area contributed by atoms with Gasteiger partial charge < -0.3 is 14.7 Å². The van der Waals surface area contributed by atoms with Crippen molar-refractivity contribution in [3.05, 3.63) is 65.7 Å². The number of nitrogens with one attached hydrogen (secondary N) is 1. The van der Waals surface area contributed by atoms with Crippen LogP contribution in [0.4, 0.5) is 5.69 Å². The molecule has 0 radical (unpaired) electrons. The standard InChI is InChI=1S/C22H22N4O3/c1-15-19(20(25-29-15)16-8-10-23-11-9-16)21(27)24-18-7-5-6-17(14-18)22(28)26-12-3-2-4-13-26/h5-11,14H,2-4,12-13H2,1H3,(H,24,27). The molecule has 1 fully saturated rings. The summed E-state index contributed by atoms with van der Waals surface area (Å²) in [5.74, 6) is 0.0902. The van der Waals surface area contributed by atoms with Crippen molar-refractivity contribution in [2.24, 2.45) is 0 Å². The number of carbonyl (C=O) groups excluding carboxylic acids is 2. The Morgan fingerprint density at radius 3 is 2.59 bits per heavy atom. The average Bonchev–Trinajstić information content (AvgIpc) is 3.16. The van der Waals surface area contributed by atoms with Gasteiger partial charge in [-0.1, -0.05) is 11.2 Å². The predicted octanol–water partition coefficient (Wildman–Crippen LogP) is 3.92. The number of anilines is 1. The lowest BCUT2D eigenvalue weighted by Crippen LogP contribution is -2.35. The molecule has 0 unspecified atom stereocenters. The Labute approximate surface area is 168 Å². The van der Waals surface area contributed by atoms with Gasteiger partial charge >= 0.3 is 0 Å². The van der Waals surface area contributed by atoms with Gasteiger partial charge in [0.1, 0.15) is 17.0 Å². The Morgan fingerprint density at radius 2 is 1.83 bits per heavy atom. The van der Waals surface area contributed by atoms with E-state index in [0.29, 0.717) is 28.3 Å². The van der Waals surface area contributed by atoms with E-state index < -0.39 is 0 Å². The number of aromatic nitrogens is 2. The minimum atomic E-state index is -0.335. The van der Waals surface area contributed by atoms with Crippen LogP contribution in [0.3, 0.4) is 0 Å². The molecule has 2 amide bonds. The molecule has 29 heavy (non-hydrogen) atoms. The van der Waals surface area contributed by atoms with E-state index in [0.717, 1.165) is 37.9 Å². The number of benzene rings is 1. The number of nitrogens with zero attached hydrogens (tertiary/aromatic N) is 3. The third kappa shape index (κ3) is 4.03. The highest BCUT2D eigenvalue weighted by Crippen LogP contribution is 2.26. The molecule has 1 aromatic carbocycles. The van der Waals surface area contributed by atoms with Gasteiger partial charge in [0.25, 0.3) is 11.8 Å². The maximum atomic E-state index is 13.0. The third-order valence-electron chi connectivity index (χ3n) is 5.05. The van der Waals surface area contributed by atoms with Gasteiger partial charge in [0.2, 0.25) is 0 Å². The van der Waals surface area contributed by atoms with Crippen LogP contribution in [0.1, 0.15) is 45.7 Å². The summed E-state index contributed by atoms with van der Waals surface area (Å²) in [6.45, 7) is 3.26. The summed E-state index contributed by atoms with van der Waals surface area (Å²) in [5, 5.41) is 6.90. The monoisotopic (exact) mass is 390 g/mol. The summed E-state index contributed by atoms with van der Waals surface area (Å²) in [6.07, 6.45) is 6.50. The van der Waals surface area contributed by atoms with Gasteiger partial charge in [-0.3, -0.25) is 14.6 Å². The van der Waals surface area contributed by atoms with Crippen molar-refractivity contribution in [2.45, 2.75) is 26.2 Å². The van der Waals surface area contributed by atoms with Crippen LogP contribution in [-0.2, 0) is 0 Å².